The normalized spacial score (nSPS) is 10.9. The number of fused-ring (bicyclic) bond motifs is 1. The molecule has 9 heteroatoms. The molecule has 0 saturated carbocycles. The molecule has 0 aliphatic carbocycles. The van der Waals surface area contributed by atoms with Crippen molar-refractivity contribution in [2.45, 2.75) is 5.16 Å². The summed E-state index contributed by atoms with van der Waals surface area (Å²) >= 11 is 2.65. The molecule has 0 aliphatic heterocycles. The summed E-state index contributed by atoms with van der Waals surface area (Å²) in [5.41, 5.74) is 0.853. The lowest BCUT2D eigenvalue weighted by Gasteiger charge is -2.06. The van der Waals surface area contributed by atoms with E-state index in [1.54, 1.807) is 10.9 Å². The van der Waals surface area contributed by atoms with E-state index < -0.39 is 0 Å². The second kappa shape index (κ2) is 6.99. The van der Waals surface area contributed by atoms with Gasteiger partial charge in [0.25, 0.3) is 0 Å². The van der Waals surface area contributed by atoms with Crippen molar-refractivity contribution in [3.63, 3.8) is 0 Å². The lowest BCUT2D eigenvalue weighted by molar-refractivity contribution is -0.113. The van der Waals surface area contributed by atoms with Crippen LogP contribution >= 0.6 is 23.1 Å². The Hall–Kier alpha value is -2.78. The highest BCUT2D eigenvalue weighted by molar-refractivity contribution is 7.99. The number of thioether (sulfide) groups is 1. The summed E-state index contributed by atoms with van der Waals surface area (Å²) in [5.74, 6) is 0.0566. The fourth-order valence-corrected chi connectivity index (χ4v) is 3.55. The van der Waals surface area contributed by atoms with Gasteiger partial charge in [-0.15, -0.1) is 16.4 Å². The minimum atomic E-state index is -0.145. The van der Waals surface area contributed by atoms with Gasteiger partial charge < -0.3 is 5.32 Å². The summed E-state index contributed by atoms with van der Waals surface area (Å²) in [6.07, 6.45) is 1.65. The average molecular weight is 368 g/mol. The third kappa shape index (κ3) is 3.52. The van der Waals surface area contributed by atoms with Crippen molar-refractivity contribution < 1.29 is 4.79 Å². The Morgan fingerprint density at radius 1 is 1.20 bits per heavy atom. The molecule has 7 nitrogen and oxygen atoms in total. The van der Waals surface area contributed by atoms with E-state index in [9.17, 15) is 4.79 Å². The fraction of sp³-hybridized carbons (Fsp3) is 0.0625. The molecule has 4 aromatic rings. The molecule has 2 aromatic carbocycles. The molecule has 0 bridgehead atoms. The van der Waals surface area contributed by atoms with Crippen LogP contribution < -0.4 is 5.32 Å². The predicted molar refractivity (Wildman–Crippen MR) is 98.1 cm³/mol. The number of rotatable bonds is 5. The van der Waals surface area contributed by atoms with Gasteiger partial charge in [0.1, 0.15) is 0 Å². The second-order valence-electron chi connectivity index (χ2n) is 5.08. The van der Waals surface area contributed by atoms with E-state index in [4.69, 9.17) is 0 Å². The molecule has 0 spiro atoms. The van der Waals surface area contributed by atoms with Crippen LogP contribution in [0, 0.1) is 0 Å². The van der Waals surface area contributed by atoms with E-state index in [0.29, 0.717) is 10.3 Å². The summed E-state index contributed by atoms with van der Waals surface area (Å²) in [6.45, 7) is 0. The molecule has 1 amide bonds. The number of tetrazole rings is 1. The summed E-state index contributed by atoms with van der Waals surface area (Å²) in [6, 6.07) is 14.1. The van der Waals surface area contributed by atoms with Crippen LogP contribution in [0.1, 0.15) is 0 Å². The first-order valence-corrected chi connectivity index (χ1v) is 9.26. The van der Waals surface area contributed by atoms with Gasteiger partial charge in [-0.1, -0.05) is 42.1 Å². The van der Waals surface area contributed by atoms with Crippen LogP contribution in [-0.2, 0) is 4.79 Å². The Morgan fingerprint density at radius 3 is 2.92 bits per heavy atom. The van der Waals surface area contributed by atoms with Gasteiger partial charge in [-0.3, -0.25) is 4.79 Å². The number of nitrogens with zero attached hydrogens (tertiary/aromatic N) is 5. The molecular weight excluding hydrogens is 356 g/mol. The number of hydrogen-bond acceptors (Lipinski definition) is 7. The van der Waals surface area contributed by atoms with Gasteiger partial charge in [-0.25, -0.2) is 4.98 Å². The fourth-order valence-electron chi connectivity index (χ4n) is 2.31. The van der Waals surface area contributed by atoms with E-state index >= 15 is 0 Å². The van der Waals surface area contributed by atoms with Crippen LogP contribution in [0.3, 0.4) is 0 Å². The number of hydrogen-bond donors (Lipinski definition) is 1. The quantitative estimate of drug-likeness (QED) is 0.545. The van der Waals surface area contributed by atoms with E-state index in [1.165, 1.54) is 23.1 Å². The van der Waals surface area contributed by atoms with Crippen molar-refractivity contribution in [3.05, 3.63) is 54.0 Å². The molecule has 0 fully saturated rings. The number of thiazole rings is 1. The van der Waals surface area contributed by atoms with E-state index in [0.717, 1.165) is 16.5 Å². The van der Waals surface area contributed by atoms with Crippen molar-refractivity contribution >= 4 is 44.9 Å². The molecule has 0 aliphatic rings. The molecule has 2 heterocycles. The third-order valence-electron chi connectivity index (χ3n) is 3.43. The van der Waals surface area contributed by atoms with E-state index in [1.807, 2.05) is 41.8 Å². The molecule has 0 saturated heterocycles. The Labute approximate surface area is 151 Å². The molecule has 25 heavy (non-hydrogen) atoms. The minimum Gasteiger partial charge on any atom is -0.301 e. The number of benzene rings is 2. The maximum atomic E-state index is 12.0. The predicted octanol–water partition coefficient (Wildman–Crippen LogP) is 3.00. The first kappa shape index (κ1) is 15.7. The Morgan fingerprint density at radius 2 is 2.08 bits per heavy atom. The smallest absolute Gasteiger partial charge is 0.236 e. The highest BCUT2D eigenvalue weighted by Crippen LogP contribution is 2.22. The van der Waals surface area contributed by atoms with Crippen LogP contribution in [0.5, 0.6) is 0 Å². The first-order valence-electron chi connectivity index (χ1n) is 7.39. The maximum Gasteiger partial charge on any atom is 0.236 e. The molecule has 124 valence electrons. The summed E-state index contributed by atoms with van der Waals surface area (Å²) < 4.78 is 1.63. The summed E-state index contributed by atoms with van der Waals surface area (Å²) in [4.78, 5) is 16.0. The molecule has 4 rings (SSSR count). The van der Waals surface area contributed by atoms with E-state index in [2.05, 4.69) is 31.9 Å². The van der Waals surface area contributed by atoms with Crippen LogP contribution in [0.25, 0.3) is 16.5 Å². The number of carbonyl (C=O) groups is 1. The highest BCUT2D eigenvalue weighted by Gasteiger charge is 2.12. The van der Waals surface area contributed by atoms with Crippen molar-refractivity contribution in [2.24, 2.45) is 0 Å². The monoisotopic (exact) mass is 368 g/mol. The van der Waals surface area contributed by atoms with Gasteiger partial charge in [-0.05, 0) is 33.3 Å². The molecule has 0 unspecified atom stereocenters. The van der Waals surface area contributed by atoms with Gasteiger partial charge >= 0.3 is 0 Å². The van der Waals surface area contributed by atoms with Gasteiger partial charge in [0, 0.05) is 11.6 Å². The van der Waals surface area contributed by atoms with Crippen molar-refractivity contribution in [3.8, 4) is 5.69 Å². The van der Waals surface area contributed by atoms with Crippen LogP contribution in [0.15, 0.2) is 59.2 Å². The lowest BCUT2D eigenvalue weighted by Crippen LogP contribution is -2.14. The lowest BCUT2D eigenvalue weighted by atomic mass is 10.1. The second-order valence-corrected chi connectivity index (χ2v) is 6.92. The number of anilines is 1. The van der Waals surface area contributed by atoms with Gasteiger partial charge in [-0.2, -0.15) is 4.68 Å². The van der Waals surface area contributed by atoms with E-state index in [-0.39, 0.29) is 11.7 Å². The maximum absolute atomic E-state index is 12.0. The minimum absolute atomic E-state index is 0.145. The number of carbonyl (C=O) groups excluding carboxylic acids is 1. The number of amides is 1. The first-order chi connectivity index (χ1) is 12.3. The van der Waals surface area contributed by atoms with Gasteiger partial charge in [0.2, 0.25) is 11.1 Å². The Kier molecular flexibility index (Phi) is 4.40. The third-order valence-corrected chi connectivity index (χ3v) is 5.04. The van der Waals surface area contributed by atoms with Crippen molar-refractivity contribution in [2.75, 3.05) is 11.1 Å². The molecule has 0 radical (unpaired) electrons. The zero-order valence-electron chi connectivity index (χ0n) is 12.9. The molecule has 0 atom stereocenters. The summed E-state index contributed by atoms with van der Waals surface area (Å²) in [5, 5.41) is 19.7. The Balaban J connectivity index is 1.50. The summed E-state index contributed by atoms with van der Waals surface area (Å²) in [7, 11) is 0. The zero-order chi connectivity index (χ0) is 17.1. The zero-order valence-corrected chi connectivity index (χ0v) is 14.5. The van der Waals surface area contributed by atoms with Crippen molar-refractivity contribution in [1.82, 2.24) is 25.2 Å². The van der Waals surface area contributed by atoms with Crippen LogP contribution in [0.4, 0.5) is 5.13 Å². The van der Waals surface area contributed by atoms with Crippen molar-refractivity contribution in [1.29, 1.82) is 0 Å². The number of aromatic nitrogens is 5. The average Bonchev–Trinajstić information content (AvgIpc) is 3.31. The highest BCUT2D eigenvalue weighted by atomic mass is 32.2. The topological polar surface area (TPSA) is 85.6 Å². The molecule has 2 aromatic heterocycles. The standard InChI is InChI=1S/C16H12N6OS2/c23-14(18-15-17-7-8-24-15)10-25-16-19-20-21-22(16)13-6-5-11-3-1-2-4-12(11)9-13/h1-9H,10H2,(H,17,18,23). The molecule has 1 N–H and O–H groups in total. The SMILES string of the molecule is O=C(CSc1nnnn1-c1ccc2ccccc2c1)Nc1nccs1. The molecular formula is C16H12N6OS2. The van der Waals surface area contributed by atoms with Crippen LogP contribution in [0.2, 0.25) is 0 Å². The Bertz CT molecular complexity index is 1010. The number of nitrogens with one attached hydrogen (secondary N) is 1. The van der Waals surface area contributed by atoms with Gasteiger partial charge in [0.15, 0.2) is 5.13 Å². The largest absolute Gasteiger partial charge is 0.301 e. The van der Waals surface area contributed by atoms with Crippen LogP contribution in [-0.4, -0.2) is 36.9 Å². The van der Waals surface area contributed by atoms with Gasteiger partial charge in [0.05, 0.1) is 11.4 Å².